The molecule has 2 fully saturated rings. The molecule has 1 saturated heterocycles. The van der Waals surface area contributed by atoms with Crippen LogP contribution in [0, 0.1) is 11.8 Å². The van der Waals surface area contributed by atoms with Crippen LogP contribution in [0.3, 0.4) is 0 Å². The Kier molecular flexibility index (Phi) is 3.53. The summed E-state index contributed by atoms with van der Waals surface area (Å²) in [5.74, 6) is 1.01. The molecule has 1 aromatic rings. The predicted molar refractivity (Wildman–Crippen MR) is 84.5 cm³/mol. The van der Waals surface area contributed by atoms with Crippen molar-refractivity contribution in [3.63, 3.8) is 0 Å². The standard InChI is InChI=1S/C14H17BrN2OS/c15-10-2-1-3-11(13(10)14(16)19)17-6-8-4-5-12(18)9(8)7-17/h1-3,8-9,12,18H,4-7H2,(H2,16,19). The molecular weight excluding hydrogens is 324 g/mol. The summed E-state index contributed by atoms with van der Waals surface area (Å²) in [5.41, 5.74) is 7.85. The van der Waals surface area contributed by atoms with Crippen LogP contribution in [0.2, 0.25) is 0 Å². The lowest BCUT2D eigenvalue weighted by Gasteiger charge is -2.24. The van der Waals surface area contributed by atoms with Gasteiger partial charge in [0.25, 0.3) is 0 Å². The van der Waals surface area contributed by atoms with E-state index in [1.807, 2.05) is 12.1 Å². The lowest BCUT2D eigenvalue weighted by atomic mass is 10.00. The van der Waals surface area contributed by atoms with E-state index in [4.69, 9.17) is 18.0 Å². The summed E-state index contributed by atoms with van der Waals surface area (Å²) in [6.45, 7) is 1.89. The average molecular weight is 341 g/mol. The van der Waals surface area contributed by atoms with Crippen LogP contribution in [-0.4, -0.2) is 29.3 Å². The molecule has 1 heterocycles. The maximum atomic E-state index is 10.0. The van der Waals surface area contributed by atoms with Gasteiger partial charge in [0.15, 0.2) is 0 Å². The Morgan fingerprint density at radius 2 is 2.16 bits per heavy atom. The first kappa shape index (κ1) is 13.3. The number of nitrogens with two attached hydrogens (primary N) is 1. The van der Waals surface area contributed by atoms with Crippen LogP contribution in [0.4, 0.5) is 5.69 Å². The lowest BCUT2D eigenvalue weighted by Crippen LogP contribution is -2.27. The van der Waals surface area contributed by atoms with Crippen molar-refractivity contribution >= 4 is 38.8 Å². The number of aliphatic hydroxyl groups is 1. The van der Waals surface area contributed by atoms with E-state index in [0.29, 0.717) is 16.8 Å². The number of aliphatic hydroxyl groups excluding tert-OH is 1. The van der Waals surface area contributed by atoms with Gasteiger partial charge in [-0.25, -0.2) is 0 Å². The molecule has 3 atom stereocenters. The topological polar surface area (TPSA) is 49.5 Å². The number of fused-ring (bicyclic) bond motifs is 1. The lowest BCUT2D eigenvalue weighted by molar-refractivity contribution is 0.133. The molecule has 3 nitrogen and oxygen atoms in total. The fourth-order valence-corrected chi connectivity index (χ4v) is 4.37. The van der Waals surface area contributed by atoms with E-state index in [0.717, 1.165) is 41.7 Å². The van der Waals surface area contributed by atoms with Crippen LogP contribution in [0.5, 0.6) is 0 Å². The van der Waals surface area contributed by atoms with Gasteiger partial charge in [0.1, 0.15) is 4.99 Å². The molecule has 0 amide bonds. The molecule has 1 aliphatic heterocycles. The Morgan fingerprint density at radius 1 is 1.37 bits per heavy atom. The summed E-state index contributed by atoms with van der Waals surface area (Å²) in [7, 11) is 0. The van der Waals surface area contributed by atoms with Crippen molar-refractivity contribution in [2.45, 2.75) is 18.9 Å². The SMILES string of the molecule is NC(=S)c1c(Br)cccc1N1CC2CCC(O)C2C1. The smallest absolute Gasteiger partial charge is 0.107 e. The van der Waals surface area contributed by atoms with Crippen molar-refractivity contribution in [1.29, 1.82) is 0 Å². The highest BCUT2D eigenvalue weighted by atomic mass is 79.9. The monoisotopic (exact) mass is 340 g/mol. The van der Waals surface area contributed by atoms with Gasteiger partial charge in [-0.15, -0.1) is 0 Å². The quantitative estimate of drug-likeness (QED) is 0.811. The van der Waals surface area contributed by atoms with Gasteiger partial charge in [0, 0.05) is 34.7 Å². The van der Waals surface area contributed by atoms with Crippen LogP contribution in [-0.2, 0) is 0 Å². The molecule has 0 bridgehead atoms. The highest BCUT2D eigenvalue weighted by Gasteiger charge is 2.42. The molecule has 3 N–H and O–H groups in total. The van der Waals surface area contributed by atoms with Gasteiger partial charge < -0.3 is 15.7 Å². The van der Waals surface area contributed by atoms with Crippen molar-refractivity contribution in [3.05, 3.63) is 28.2 Å². The Balaban J connectivity index is 1.92. The second kappa shape index (κ2) is 5.04. The number of rotatable bonds is 2. The first-order chi connectivity index (χ1) is 9.08. The van der Waals surface area contributed by atoms with E-state index >= 15 is 0 Å². The van der Waals surface area contributed by atoms with Crippen molar-refractivity contribution in [2.75, 3.05) is 18.0 Å². The Bertz CT molecular complexity index is 522. The van der Waals surface area contributed by atoms with Crippen molar-refractivity contribution < 1.29 is 5.11 Å². The molecule has 3 unspecified atom stereocenters. The zero-order chi connectivity index (χ0) is 13.6. The molecule has 102 valence electrons. The number of nitrogens with zero attached hydrogens (tertiary/aromatic N) is 1. The first-order valence-corrected chi connectivity index (χ1v) is 7.79. The van der Waals surface area contributed by atoms with Gasteiger partial charge in [-0.3, -0.25) is 0 Å². The zero-order valence-electron chi connectivity index (χ0n) is 10.6. The van der Waals surface area contributed by atoms with E-state index in [9.17, 15) is 5.11 Å². The van der Waals surface area contributed by atoms with Crippen molar-refractivity contribution in [1.82, 2.24) is 0 Å². The van der Waals surface area contributed by atoms with Crippen LogP contribution >= 0.6 is 28.1 Å². The largest absolute Gasteiger partial charge is 0.393 e. The van der Waals surface area contributed by atoms with E-state index in [2.05, 4.69) is 26.9 Å². The number of anilines is 1. The summed E-state index contributed by atoms with van der Waals surface area (Å²) < 4.78 is 0.940. The highest BCUT2D eigenvalue weighted by Crippen LogP contribution is 2.41. The summed E-state index contributed by atoms with van der Waals surface area (Å²) in [6, 6.07) is 6.03. The normalized spacial score (nSPS) is 29.6. The third kappa shape index (κ3) is 2.28. The first-order valence-electron chi connectivity index (χ1n) is 6.59. The number of benzene rings is 1. The highest BCUT2D eigenvalue weighted by molar-refractivity contribution is 9.10. The molecule has 1 saturated carbocycles. The fourth-order valence-electron chi connectivity index (χ4n) is 3.45. The Labute approximate surface area is 126 Å². The van der Waals surface area contributed by atoms with E-state index in [-0.39, 0.29) is 6.10 Å². The molecule has 0 radical (unpaired) electrons. The number of hydrogen-bond donors (Lipinski definition) is 2. The van der Waals surface area contributed by atoms with E-state index in [1.165, 1.54) is 0 Å². The van der Waals surface area contributed by atoms with E-state index in [1.54, 1.807) is 0 Å². The number of halogens is 1. The van der Waals surface area contributed by atoms with Gasteiger partial charge in [-0.2, -0.15) is 0 Å². The number of thiocarbonyl (C=S) groups is 1. The maximum absolute atomic E-state index is 10.0. The minimum absolute atomic E-state index is 0.143. The summed E-state index contributed by atoms with van der Waals surface area (Å²) in [4.78, 5) is 2.73. The zero-order valence-corrected chi connectivity index (χ0v) is 13.0. The number of hydrogen-bond acceptors (Lipinski definition) is 3. The van der Waals surface area contributed by atoms with Gasteiger partial charge >= 0.3 is 0 Å². The van der Waals surface area contributed by atoms with E-state index < -0.39 is 0 Å². The van der Waals surface area contributed by atoms with Crippen molar-refractivity contribution in [3.8, 4) is 0 Å². The Morgan fingerprint density at radius 3 is 2.84 bits per heavy atom. The summed E-state index contributed by atoms with van der Waals surface area (Å²) >= 11 is 8.69. The fraction of sp³-hybridized carbons (Fsp3) is 0.500. The molecule has 0 spiro atoms. The molecule has 2 aliphatic rings. The van der Waals surface area contributed by atoms with Crippen LogP contribution in [0.15, 0.2) is 22.7 Å². The van der Waals surface area contributed by atoms with Gasteiger partial charge in [-0.1, -0.05) is 18.3 Å². The molecule has 19 heavy (non-hydrogen) atoms. The average Bonchev–Trinajstić information content (AvgIpc) is 2.91. The summed E-state index contributed by atoms with van der Waals surface area (Å²) in [5, 5.41) is 10.0. The molecule has 5 heteroatoms. The second-order valence-electron chi connectivity index (χ2n) is 5.47. The second-order valence-corrected chi connectivity index (χ2v) is 6.77. The van der Waals surface area contributed by atoms with Gasteiger partial charge in [0.05, 0.1) is 6.10 Å². The molecule has 1 aromatic carbocycles. The summed E-state index contributed by atoms with van der Waals surface area (Å²) in [6.07, 6.45) is 1.93. The molecule has 3 rings (SSSR count). The third-order valence-electron chi connectivity index (χ3n) is 4.40. The van der Waals surface area contributed by atoms with Gasteiger partial charge in [-0.05, 0) is 46.8 Å². The molecular formula is C14H17BrN2OS. The minimum atomic E-state index is -0.143. The molecule has 0 aromatic heterocycles. The van der Waals surface area contributed by atoms with Crippen LogP contribution < -0.4 is 10.6 Å². The third-order valence-corrected chi connectivity index (χ3v) is 5.26. The Hall–Kier alpha value is -0.650. The predicted octanol–water partition coefficient (Wildman–Crippen LogP) is 2.29. The maximum Gasteiger partial charge on any atom is 0.107 e. The van der Waals surface area contributed by atoms with Crippen molar-refractivity contribution in [2.24, 2.45) is 17.6 Å². The van der Waals surface area contributed by atoms with Crippen LogP contribution in [0.25, 0.3) is 0 Å². The van der Waals surface area contributed by atoms with Gasteiger partial charge in [0.2, 0.25) is 0 Å². The van der Waals surface area contributed by atoms with Crippen LogP contribution in [0.1, 0.15) is 18.4 Å². The molecule has 1 aliphatic carbocycles. The minimum Gasteiger partial charge on any atom is -0.393 e.